The van der Waals surface area contributed by atoms with Crippen LogP contribution < -0.4 is 19.6 Å². The van der Waals surface area contributed by atoms with Gasteiger partial charge in [-0.15, -0.1) is 0 Å². The van der Waals surface area contributed by atoms with Gasteiger partial charge >= 0.3 is 0 Å². The van der Waals surface area contributed by atoms with Gasteiger partial charge < -0.3 is 4.74 Å². The van der Waals surface area contributed by atoms with Crippen molar-refractivity contribution in [1.82, 2.24) is 14.3 Å². The number of benzene rings is 1. The molecule has 28 heavy (non-hydrogen) atoms. The van der Waals surface area contributed by atoms with E-state index >= 15 is 0 Å². The zero-order valence-electron chi connectivity index (χ0n) is 16.4. The maximum absolute atomic E-state index is 13.3. The van der Waals surface area contributed by atoms with Crippen LogP contribution in [0.2, 0.25) is 0 Å². The summed E-state index contributed by atoms with van der Waals surface area (Å²) in [4.78, 5) is 18.9. The Labute approximate surface area is 166 Å². The smallest absolute Gasteiger partial charge is 0.270 e. The fourth-order valence-electron chi connectivity index (χ4n) is 4.30. The van der Waals surface area contributed by atoms with Crippen LogP contribution in [0.15, 0.2) is 34.1 Å². The molecule has 0 amide bonds. The number of rotatable bonds is 2. The maximum atomic E-state index is 13.3. The summed E-state index contributed by atoms with van der Waals surface area (Å²) in [7, 11) is 0. The largest absolute Gasteiger partial charge is 0.466 e. The second-order valence-corrected chi connectivity index (χ2v) is 8.62. The molecule has 2 atom stereocenters. The Morgan fingerprint density at radius 1 is 1.36 bits per heavy atom. The Hall–Kier alpha value is -2.67. The van der Waals surface area contributed by atoms with Gasteiger partial charge in [0.1, 0.15) is 5.75 Å². The maximum Gasteiger partial charge on any atom is 0.270 e. The number of thiazole rings is 1. The van der Waals surface area contributed by atoms with E-state index in [0.717, 1.165) is 39.6 Å². The van der Waals surface area contributed by atoms with Crippen LogP contribution >= 0.6 is 11.3 Å². The van der Waals surface area contributed by atoms with Crippen LogP contribution in [-0.4, -0.2) is 20.1 Å². The van der Waals surface area contributed by atoms with E-state index < -0.39 is 5.72 Å². The van der Waals surface area contributed by atoms with Crippen molar-refractivity contribution in [3.8, 4) is 5.75 Å². The number of nitrogens with zero attached hydrogens (tertiary/aromatic N) is 4. The quantitative estimate of drug-likeness (QED) is 0.670. The zero-order chi connectivity index (χ0) is 19.6. The highest BCUT2D eigenvalue weighted by Crippen LogP contribution is 2.42. The van der Waals surface area contributed by atoms with Gasteiger partial charge in [0.25, 0.3) is 5.56 Å². The average Bonchev–Trinajstić information content (AvgIpc) is 3.11. The first-order chi connectivity index (χ1) is 13.4. The highest BCUT2D eigenvalue weighted by molar-refractivity contribution is 7.07. The topological polar surface area (TPSA) is 61.4 Å². The predicted octanol–water partition coefficient (Wildman–Crippen LogP) is 2.29. The van der Waals surface area contributed by atoms with Gasteiger partial charge in [-0.2, -0.15) is 5.10 Å². The molecule has 0 saturated carbocycles. The summed E-state index contributed by atoms with van der Waals surface area (Å²) < 4.78 is 10.7. The molecule has 2 bridgehead atoms. The number of para-hydroxylation sites is 1. The summed E-state index contributed by atoms with van der Waals surface area (Å²) in [6.07, 6.45) is 2.63. The number of aromatic nitrogens is 3. The number of ether oxygens (including phenoxy) is 1. The number of fused-ring (bicyclic) bond motifs is 6. The molecular weight excluding hydrogens is 372 g/mol. The van der Waals surface area contributed by atoms with Crippen LogP contribution in [0.5, 0.6) is 5.75 Å². The predicted molar refractivity (Wildman–Crippen MR) is 109 cm³/mol. The first kappa shape index (κ1) is 17.4. The van der Waals surface area contributed by atoms with Gasteiger partial charge in [-0.1, -0.05) is 29.5 Å². The molecule has 0 spiro atoms. The van der Waals surface area contributed by atoms with E-state index in [-0.39, 0.29) is 11.6 Å². The Bertz CT molecular complexity index is 1280. The van der Waals surface area contributed by atoms with Crippen LogP contribution in [0.1, 0.15) is 48.8 Å². The van der Waals surface area contributed by atoms with Gasteiger partial charge in [0.05, 0.1) is 16.3 Å². The minimum atomic E-state index is -0.632. The molecule has 0 aliphatic carbocycles. The molecule has 7 heteroatoms. The SMILES string of the molecule is CCn1nc(C)c(/C=c2\sc3n(c2=O)[C@H]2C[C@](C)(N=3)Oc3ccccc32)c1C. The Morgan fingerprint density at radius 3 is 2.89 bits per heavy atom. The van der Waals surface area contributed by atoms with Crippen LogP contribution in [-0.2, 0) is 6.54 Å². The van der Waals surface area contributed by atoms with Crippen LogP contribution in [0.3, 0.4) is 0 Å². The van der Waals surface area contributed by atoms with Gasteiger partial charge in [0.2, 0.25) is 5.72 Å². The minimum absolute atomic E-state index is 0.00977. The van der Waals surface area contributed by atoms with Crippen molar-refractivity contribution >= 4 is 17.4 Å². The molecule has 2 aromatic heterocycles. The van der Waals surface area contributed by atoms with E-state index in [1.807, 2.05) is 60.4 Å². The molecular formula is C21H22N4O2S. The van der Waals surface area contributed by atoms with Gasteiger partial charge in [-0.05, 0) is 39.8 Å². The molecule has 3 aromatic rings. The van der Waals surface area contributed by atoms with E-state index in [1.165, 1.54) is 11.3 Å². The molecule has 0 radical (unpaired) electrons. The summed E-state index contributed by atoms with van der Waals surface area (Å²) in [6, 6.07) is 7.90. The molecule has 6 nitrogen and oxygen atoms in total. The third-order valence-corrected chi connectivity index (χ3v) is 6.66. The van der Waals surface area contributed by atoms with Crippen molar-refractivity contribution in [3.05, 3.63) is 66.5 Å². The van der Waals surface area contributed by atoms with Crippen molar-refractivity contribution in [2.24, 2.45) is 4.99 Å². The molecule has 144 valence electrons. The van der Waals surface area contributed by atoms with E-state index in [1.54, 1.807) is 0 Å². The molecule has 0 N–H and O–H groups in total. The average molecular weight is 395 g/mol. The monoisotopic (exact) mass is 394 g/mol. The number of aryl methyl sites for hydroxylation is 2. The summed E-state index contributed by atoms with van der Waals surface area (Å²) >= 11 is 1.43. The van der Waals surface area contributed by atoms with Gasteiger partial charge in [-0.3, -0.25) is 14.0 Å². The summed E-state index contributed by atoms with van der Waals surface area (Å²) in [6.45, 7) is 8.90. The van der Waals surface area contributed by atoms with Crippen LogP contribution in [0, 0.1) is 13.8 Å². The van der Waals surface area contributed by atoms with Crippen molar-refractivity contribution in [1.29, 1.82) is 0 Å². The lowest BCUT2D eigenvalue weighted by molar-refractivity contribution is 0.0410. The molecule has 4 heterocycles. The van der Waals surface area contributed by atoms with Crippen LogP contribution in [0.25, 0.3) is 6.08 Å². The van der Waals surface area contributed by atoms with Crippen molar-refractivity contribution in [3.63, 3.8) is 0 Å². The molecule has 0 fully saturated rings. The minimum Gasteiger partial charge on any atom is -0.466 e. The third kappa shape index (κ3) is 2.42. The lowest BCUT2D eigenvalue weighted by Crippen LogP contribution is -2.49. The molecule has 1 aromatic carbocycles. The van der Waals surface area contributed by atoms with E-state index in [0.29, 0.717) is 11.0 Å². The fraction of sp³-hybridized carbons (Fsp3) is 0.381. The van der Waals surface area contributed by atoms with Crippen LogP contribution in [0.4, 0.5) is 0 Å². The zero-order valence-corrected chi connectivity index (χ0v) is 17.2. The van der Waals surface area contributed by atoms with E-state index in [9.17, 15) is 4.79 Å². The van der Waals surface area contributed by atoms with Crippen molar-refractivity contribution < 1.29 is 4.74 Å². The van der Waals surface area contributed by atoms with Gasteiger partial charge in [0, 0.05) is 29.8 Å². The normalized spacial score (nSPS) is 23.0. The molecule has 2 aliphatic rings. The Morgan fingerprint density at radius 2 is 2.14 bits per heavy atom. The molecule has 5 rings (SSSR count). The molecule has 2 aliphatic heterocycles. The van der Waals surface area contributed by atoms with Crippen molar-refractivity contribution in [2.75, 3.05) is 0 Å². The lowest BCUT2D eigenvalue weighted by Gasteiger charge is -2.39. The second-order valence-electron chi connectivity index (χ2n) is 7.62. The second kappa shape index (κ2) is 5.91. The lowest BCUT2D eigenvalue weighted by atomic mass is 9.93. The molecule has 0 unspecified atom stereocenters. The number of hydrogen-bond acceptors (Lipinski definition) is 5. The fourth-order valence-corrected chi connectivity index (χ4v) is 5.40. The summed E-state index contributed by atoms with van der Waals surface area (Å²) in [5.74, 6) is 0.815. The standard InChI is InChI=1S/C21H22N4O2S/c1-5-24-13(3)15(12(2)23-24)10-18-19(26)25-16-11-21(4,22-20(25)28-18)27-17-9-7-6-8-14(16)17/h6-10,16H,5,11H2,1-4H3/b18-10-/t16-,21+/m0/s1. The van der Waals surface area contributed by atoms with E-state index in [4.69, 9.17) is 9.73 Å². The first-order valence-corrected chi connectivity index (χ1v) is 10.4. The highest BCUT2D eigenvalue weighted by Gasteiger charge is 2.42. The summed E-state index contributed by atoms with van der Waals surface area (Å²) in [5.41, 5.74) is 3.46. The van der Waals surface area contributed by atoms with Gasteiger partial charge in [0.15, 0.2) is 4.80 Å². The molecule has 0 saturated heterocycles. The van der Waals surface area contributed by atoms with Crippen molar-refractivity contribution in [2.45, 2.75) is 52.4 Å². The summed E-state index contributed by atoms with van der Waals surface area (Å²) in [5, 5.41) is 4.57. The van der Waals surface area contributed by atoms with E-state index in [2.05, 4.69) is 12.0 Å². The number of hydrogen-bond donors (Lipinski definition) is 0. The third-order valence-electron chi connectivity index (χ3n) is 5.67. The Kier molecular flexibility index (Phi) is 3.68. The highest BCUT2D eigenvalue weighted by atomic mass is 32.1. The Balaban J connectivity index is 1.76. The first-order valence-electron chi connectivity index (χ1n) is 9.55. The van der Waals surface area contributed by atoms with Gasteiger partial charge in [-0.25, -0.2) is 4.99 Å².